The third kappa shape index (κ3) is 3.10. The fraction of sp³-hybridized carbons (Fsp3) is 0.130. The van der Waals surface area contributed by atoms with E-state index in [1.54, 1.807) is 10.6 Å². The van der Waals surface area contributed by atoms with Crippen molar-refractivity contribution in [2.24, 2.45) is 0 Å². The van der Waals surface area contributed by atoms with E-state index in [4.69, 9.17) is 0 Å². The molecule has 0 spiro atoms. The van der Waals surface area contributed by atoms with Crippen LogP contribution < -0.4 is 10.9 Å². The van der Waals surface area contributed by atoms with Crippen molar-refractivity contribution in [1.29, 1.82) is 0 Å². The van der Waals surface area contributed by atoms with Gasteiger partial charge < -0.3 is 5.32 Å². The highest BCUT2D eigenvalue weighted by molar-refractivity contribution is 6.02. The molecule has 1 N–H and O–H groups in total. The zero-order valence-corrected chi connectivity index (χ0v) is 15.3. The monoisotopic (exact) mass is 356 g/mol. The summed E-state index contributed by atoms with van der Waals surface area (Å²) in [5, 5.41) is 5.99. The summed E-state index contributed by atoms with van der Waals surface area (Å²) in [6.07, 6.45) is 0. The summed E-state index contributed by atoms with van der Waals surface area (Å²) in [4.78, 5) is 25.3. The molecule has 0 atom stereocenters. The standard InChI is InChI=1S/C23H20N2O2/c1-15-7-5-11-18-16(2)13-22(27)25(23(15)18)14-21(26)24-20-12-6-9-17-8-3-4-10-19(17)20/h3-13H,14H2,1-2H3,(H,24,26). The van der Waals surface area contributed by atoms with Crippen LogP contribution in [0.2, 0.25) is 0 Å². The lowest BCUT2D eigenvalue weighted by Gasteiger charge is -2.15. The maximum Gasteiger partial charge on any atom is 0.251 e. The minimum Gasteiger partial charge on any atom is -0.324 e. The van der Waals surface area contributed by atoms with Crippen molar-refractivity contribution in [3.63, 3.8) is 0 Å². The van der Waals surface area contributed by atoms with Crippen LogP contribution in [-0.4, -0.2) is 10.5 Å². The van der Waals surface area contributed by atoms with E-state index in [1.165, 1.54) is 0 Å². The lowest BCUT2D eigenvalue weighted by Crippen LogP contribution is -2.28. The molecule has 0 fully saturated rings. The smallest absolute Gasteiger partial charge is 0.251 e. The van der Waals surface area contributed by atoms with Crippen LogP contribution in [0.1, 0.15) is 11.1 Å². The first kappa shape index (κ1) is 17.0. The van der Waals surface area contributed by atoms with Crippen molar-refractivity contribution in [1.82, 2.24) is 4.57 Å². The molecule has 134 valence electrons. The summed E-state index contributed by atoms with van der Waals surface area (Å²) in [6, 6.07) is 21.2. The number of fused-ring (bicyclic) bond motifs is 2. The van der Waals surface area contributed by atoms with E-state index in [0.717, 1.165) is 38.5 Å². The maximum absolute atomic E-state index is 12.7. The number of aromatic nitrogens is 1. The minimum atomic E-state index is -0.221. The van der Waals surface area contributed by atoms with Crippen LogP contribution in [0.25, 0.3) is 21.7 Å². The fourth-order valence-corrected chi connectivity index (χ4v) is 3.61. The van der Waals surface area contributed by atoms with Crippen molar-refractivity contribution in [2.75, 3.05) is 5.32 Å². The number of carbonyl (C=O) groups is 1. The summed E-state index contributed by atoms with van der Waals surface area (Å²) in [5.41, 5.74) is 3.30. The third-order valence-electron chi connectivity index (χ3n) is 4.90. The third-order valence-corrected chi connectivity index (χ3v) is 4.90. The van der Waals surface area contributed by atoms with Crippen LogP contribution in [0.5, 0.6) is 0 Å². The van der Waals surface area contributed by atoms with Crippen molar-refractivity contribution in [3.8, 4) is 0 Å². The molecule has 4 heteroatoms. The van der Waals surface area contributed by atoms with Crippen molar-refractivity contribution >= 4 is 33.3 Å². The van der Waals surface area contributed by atoms with Gasteiger partial charge in [0.05, 0.1) is 5.52 Å². The summed E-state index contributed by atoms with van der Waals surface area (Å²) in [5.74, 6) is -0.221. The number of hydrogen-bond acceptors (Lipinski definition) is 2. The van der Waals surface area contributed by atoms with Gasteiger partial charge >= 0.3 is 0 Å². The molecule has 1 aromatic heterocycles. The van der Waals surface area contributed by atoms with E-state index in [2.05, 4.69) is 5.32 Å². The molecule has 1 amide bonds. The molecule has 4 aromatic rings. The van der Waals surface area contributed by atoms with Crippen LogP contribution in [0.3, 0.4) is 0 Å². The Balaban J connectivity index is 1.72. The first-order valence-corrected chi connectivity index (χ1v) is 8.92. The molecular weight excluding hydrogens is 336 g/mol. The largest absolute Gasteiger partial charge is 0.324 e. The van der Waals surface area contributed by atoms with Gasteiger partial charge in [0.2, 0.25) is 5.91 Å². The van der Waals surface area contributed by atoms with Crippen LogP contribution in [-0.2, 0) is 11.3 Å². The lowest BCUT2D eigenvalue weighted by atomic mass is 10.1. The molecule has 0 saturated heterocycles. The molecule has 0 aliphatic carbocycles. The highest BCUT2D eigenvalue weighted by Gasteiger charge is 2.13. The molecule has 27 heavy (non-hydrogen) atoms. The van der Waals surface area contributed by atoms with E-state index in [1.807, 2.05) is 74.5 Å². The number of rotatable bonds is 3. The van der Waals surface area contributed by atoms with Crippen LogP contribution in [0, 0.1) is 13.8 Å². The van der Waals surface area contributed by atoms with Crippen LogP contribution in [0.4, 0.5) is 5.69 Å². The first-order chi connectivity index (χ1) is 13.0. The van der Waals surface area contributed by atoms with E-state index in [9.17, 15) is 9.59 Å². The highest BCUT2D eigenvalue weighted by atomic mass is 16.2. The minimum absolute atomic E-state index is 0.0241. The van der Waals surface area contributed by atoms with Gasteiger partial charge in [-0.3, -0.25) is 14.2 Å². The van der Waals surface area contributed by atoms with Gasteiger partial charge in [-0.25, -0.2) is 0 Å². The van der Waals surface area contributed by atoms with Gasteiger partial charge in [-0.1, -0.05) is 54.6 Å². The number of anilines is 1. The average molecular weight is 356 g/mol. The molecule has 4 rings (SSSR count). The van der Waals surface area contributed by atoms with Gasteiger partial charge in [0.15, 0.2) is 0 Å². The van der Waals surface area contributed by atoms with Gasteiger partial charge in [0, 0.05) is 22.5 Å². The molecule has 0 bridgehead atoms. The number of amides is 1. The Labute approximate surface area is 157 Å². The first-order valence-electron chi connectivity index (χ1n) is 8.92. The predicted octanol–water partition coefficient (Wildman–Crippen LogP) is 4.41. The van der Waals surface area contributed by atoms with Gasteiger partial charge in [-0.05, 0) is 36.4 Å². The fourth-order valence-electron chi connectivity index (χ4n) is 3.61. The Hall–Kier alpha value is -3.40. The number of hydrogen-bond donors (Lipinski definition) is 1. The second kappa shape index (κ2) is 6.72. The summed E-state index contributed by atoms with van der Waals surface area (Å²) in [6.45, 7) is 3.85. The number of aryl methyl sites for hydroxylation is 2. The van der Waals surface area contributed by atoms with Gasteiger partial charge in [0.1, 0.15) is 6.54 Å². The second-order valence-electron chi connectivity index (χ2n) is 6.80. The number of pyridine rings is 1. The van der Waals surface area contributed by atoms with Gasteiger partial charge in [-0.2, -0.15) is 0 Å². The van der Waals surface area contributed by atoms with Crippen molar-refractivity contribution < 1.29 is 4.79 Å². The second-order valence-corrected chi connectivity index (χ2v) is 6.80. The van der Waals surface area contributed by atoms with Crippen molar-refractivity contribution in [3.05, 3.63) is 88.2 Å². The van der Waals surface area contributed by atoms with E-state index >= 15 is 0 Å². The maximum atomic E-state index is 12.7. The number of nitrogens with one attached hydrogen (secondary N) is 1. The molecular formula is C23H20N2O2. The number of benzene rings is 3. The van der Waals surface area contributed by atoms with E-state index < -0.39 is 0 Å². The van der Waals surface area contributed by atoms with Crippen LogP contribution >= 0.6 is 0 Å². The number of nitrogens with zero attached hydrogens (tertiary/aromatic N) is 1. The lowest BCUT2D eigenvalue weighted by molar-refractivity contribution is -0.116. The number of carbonyl (C=O) groups excluding carboxylic acids is 1. The average Bonchev–Trinajstić information content (AvgIpc) is 2.65. The SMILES string of the molecule is Cc1cc(=O)n(CC(=O)Nc2cccc3ccccc23)c2c(C)cccc12. The molecule has 0 unspecified atom stereocenters. The summed E-state index contributed by atoms with van der Waals surface area (Å²) >= 11 is 0. The van der Waals surface area contributed by atoms with E-state index in [-0.39, 0.29) is 18.0 Å². The van der Waals surface area contributed by atoms with Gasteiger partial charge in [0.25, 0.3) is 5.56 Å². The van der Waals surface area contributed by atoms with Crippen molar-refractivity contribution in [2.45, 2.75) is 20.4 Å². The molecule has 4 nitrogen and oxygen atoms in total. The molecule has 1 heterocycles. The zero-order valence-electron chi connectivity index (χ0n) is 15.3. The molecule has 0 aliphatic heterocycles. The predicted molar refractivity (Wildman–Crippen MR) is 110 cm³/mol. The molecule has 0 aliphatic rings. The van der Waals surface area contributed by atoms with Gasteiger partial charge in [-0.15, -0.1) is 0 Å². The molecule has 0 radical (unpaired) electrons. The molecule has 3 aromatic carbocycles. The number of para-hydroxylation sites is 1. The Morgan fingerprint density at radius 2 is 1.59 bits per heavy atom. The summed E-state index contributed by atoms with van der Waals surface area (Å²) < 4.78 is 1.55. The molecule has 0 saturated carbocycles. The highest BCUT2D eigenvalue weighted by Crippen LogP contribution is 2.23. The Morgan fingerprint density at radius 3 is 2.44 bits per heavy atom. The zero-order chi connectivity index (χ0) is 19.0. The Bertz CT molecular complexity index is 1230. The topological polar surface area (TPSA) is 51.1 Å². The Morgan fingerprint density at radius 1 is 0.889 bits per heavy atom. The normalized spacial score (nSPS) is 11.0. The summed E-state index contributed by atoms with van der Waals surface area (Å²) in [7, 11) is 0. The quantitative estimate of drug-likeness (QED) is 0.591. The van der Waals surface area contributed by atoms with Crippen LogP contribution in [0.15, 0.2) is 71.5 Å². The van der Waals surface area contributed by atoms with E-state index in [0.29, 0.717) is 0 Å². The Kier molecular flexibility index (Phi) is 4.24.